The first-order chi connectivity index (χ1) is 10.3. The lowest BCUT2D eigenvalue weighted by Crippen LogP contribution is -3.09. The Morgan fingerprint density at radius 3 is 2.59 bits per heavy atom. The van der Waals surface area contributed by atoms with E-state index in [-0.39, 0.29) is 18.4 Å². The van der Waals surface area contributed by atoms with Crippen LogP contribution in [0.5, 0.6) is 0 Å². The molecule has 0 aromatic heterocycles. The largest absolute Gasteiger partial charge is 0.355 e. The zero-order valence-corrected chi connectivity index (χ0v) is 14.5. The number of rotatable bonds is 7. The third-order valence-electron chi connectivity index (χ3n) is 3.09. The van der Waals surface area contributed by atoms with Crippen molar-refractivity contribution in [2.75, 3.05) is 20.1 Å². The van der Waals surface area contributed by atoms with E-state index in [1.165, 1.54) is 0 Å². The number of hydrogen-bond donors (Lipinski definition) is 3. The van der Waals surface area contributed by atoms with Gasteiger partial charge in [-0.1, -0.05) is 29.3 Å². The standard InChI is InChI=1S/C15H21Cl2N3O2/c1-4-18-15(22)10(2)19-14(21)9-20(3)8-11-5-6-12(16)7-13(11)17/h5-7,10H,4,8-9H2,1-3H3,(H,18,22)(H,19,21)/p+1/t10-/m0/s1. The zero-order valence-electron chi connectivity index (χ0n) is 13.0. The number of amides is 2. The van der Waals surface area contributed by atoms with Crippen LogP contribution < -0.4 is 15.5 Å². The Morgan fingerprint density at radius 2 is 2.00 bits per heavy atom. The average molecular weight is 347 g/mol. The predicted molar refractivity (Wildman–Crippen MR) is 88.2 cm³/mol. The quantitative estimate of drug-likeness (QED) is 0.678. The zero-order chi connectivity index (χ0) is 16.7. The van der Waals surface area contributed by atoms with Gasteiger partial charge in [0.2, 0.25) is 5.91 Å². The van der Waals surface area contributed by atoms with Gasteiger partial charge in [0.25, 0.3) is 5.91 Å². The summed E-state index contributed by atoms with van der Waals surface area (Å²) in [5.41, 5.74) is 0.924. The fourth-order valence-corrected chi connectivity index (χ4v) is 2.49. The molecule has 5 nitrogen and oxygen atoms in total. The molecule has 0 saturated carbocycles. The molecule has 0 aliphatic carbocycles. The van der Waals surface area contributed by atoms with Crippen molar-refractivity contribution >= 4 is 35.0 Å². The van der Waals surface area contributed by atoms with E-state index in [0.29, 0.717) is 23.1 Å². The number of carbonyl (C=O) groups is 2. The molecule has 0 bridgehead atoms. The van der Waals surface area contributed by atoms with E-state index >= 15 is 0 Å². The van der Waals surface area contributed by atoms with Gasteiger partial charge in [-0.15, -0.1) is 0 Å². The molecule has 2 amide bonds. The molecule has 0 aliphatic heterocycles. The van der Waals surface area contributed by atoms with Crippen LogP contribution in [-0.2, 0) is 16.1 Å². The third kappa shape index (κ3) is 6.22. The molecule has 0 radical (unpaired) electrons. The molecule has 0 aliphatic rings. The topological polar surface area (TPSA) is 62.6 Å². The molecule has 0 saturated heterocycles. The molecule has 1 aromatic carbocycles. The van der Waals surface area contributed by atoms with Gasteiger partial charge in [0.05, 0.1) is 12.1 Å². The molecule has 1 rings (SSSR count). The highest BCUT2D eigenvalue weighted by molar-refractivity contribution is 6.35. The van der Waals surface area contributed by atoms with Crippen LogP contribution in [0.15, 0.2) is 18.2 Å². The van der Waals surface area contributed by atoms with Gasteiger partial charge in [-0.25, -0.2) is 0 Å². The summed E-state index contributed by atoms with van der Waals surface area (Å²) in [5, 5.41) is 6.51. The summed E-state index contributed by atoms with van der Waals surface area (Å²) in [6.07, 6.45) is 0. The summed E-state index contributed by atoms with van der Waals surface area (Å²) in [6.45, 7) is 4.88. The summed E-state index contributed by atoms with van der Waals surface area (Å²) < 4.78 is 0. The Balaban J connectivity index is 2.48. The molecule has 0 heterocycles. The van der Waals surface area contributed by atoms with E-state index in [0.717, 1.165) is 10.5 Å². The molecule has 0 fully saturated rings. The number of hydrogen-bond acceptors (Lipinski definition) is 2. The maximum atomic E-state index is 11.9. The number of halogens is 2. The number of likely N-dealkylation sites (N-methyl/N-ethyl adjacent to an activating group) is 2. The van der Waals surface area contributed by atoms with Gasteiger partial charge >= 0.3 is 0 Å². The van der Waals surface area contributed by atoms with Crippen LogP contribution in [0, 0.1) is 0 Å². The van der Waals surface area contributed by atoms with Gasteiger partial charge in [-0.3, -0.25) is 9.59 Å². The van der Waals surface area contributed by atoms with Crippen molar-refractivity contribution in [3.05, 3.63) is 33.8 Å². The van der Waals surface area contributed by atoms with Crippen molar-refractivity contribution in [2.45, 2.75) is 26.4 Å². The predicted octanol–water partition coefficient (Wildman–Crippen LogP) is 0.649. The number of benzene rings is 1. The van der Waals surface area contributed by atoms with Crippen molar-refractivity contribution in [1.82, 2.24) is 10.6 Å². The molecule has 122 valence electrons. The van der Waals surface area contributed by atoms with Crippen LogP contribution >= 0.6 is 23.2 Å². The monoisotopic (exact) mass is 346 g/mol. The molecule has 7 heteroatoms. The summed E-state index contributed by atoms with van der Waals surface area (Å²) in [6, 6.07) is 4.76. The van der Waals surface area contributed by atoms with Crippen molar-refractivity contribution in [2.24, 2.45) is 0 Å². The molecular formula is C15H22Cl2N3O2+. The Hall–Kier alpha value is -1.30. The minimum absolute atomic E-state index is 0.179. The van der Waals surface area contributed by atoms with Gasteiger partial charge in [0.15, 0.2) is 6.54 Å². The number of carbonyl (C=O) groups excluding carboxylic acids is 2. The van der Waals surface area contributed by atoms with Crippen molar-refractivity contribution < 1.29 is 14.5 Å². The minimum atomic E-state index is -0.542. The summed E-state index contributed by atoms with van der Waals surface area (Å²) in [5.74, 6) is -0.365. The second-order valence-corrected chi connectivity index (χ2v) is 6.07. The lowest BCUT2D eigenvalue weighted by molar-refractivity contribution is -0.885. The minimum Gasteiger partial charge on any atom is -0.355 e. The summed E-state index contributed by atoms with van der Waals surface area (Å²) in [4.78, 5) is 24.5. The van der Waals surface area contributed by atoms with E-state index in [1.54, 1.807) is 19.1 Å². The second-order valence-electron chi connectivity index (χ2n) is 5.23. The molecular weight excluding hydrogens is 325 g/mol. The lowest BCUT2D eigenvalue weighted by atomic mass is 10.2. The first-order valence-electron chi connectivity index (χ1n) is 7.15. The smallest absolute Gasteiger partial charge is 0.275 e. The normalized spacial score (nSPS) is 13.3. The van der Waals surface area contributed by atoms with Crippen LogP contribution in [0.4, 0.5) is 0 Å². The van der Waals surface area contributed by atoms with Crippen molar-refractivity contribution in [3.8, 4) is 0 Å². The van der Waals surface area contributed by atoms with E-state index in [9.17, 15) is 9.59 Å². The van der Waals surface area contributed by atoms with Gasteiger partial charge in [0, 0.05) is 17.1 Å². The van der Waals surface area contributed by atoms with Crippen molar-refractivity contribution in [1.29, 1.82) is 0 Å². The third-order valence-corrected chi connectivity index (χ3v) is 3.68. The second kappa shape index (κ2) is 8.98. The molecule has 1 aromatic rings. The fourth-order valence-electron chi connectivity index (χ4n) is 2.01. The Morgan fingerprint density at radius 1 is 1.32 bits per heavy atom. The van der Waals surface area contributed by atoms with Crippen LogP contribution in [0.25, 0.3) is 0 Å². The summed E-state index contributed by atoms with van der Waals surface area (Å²) in [7, 11) is 1.89. The van der Waals surface area contributed by atoms with Crippen molar-refractivity contribution in [3.63, 3.8) is 0 Å². The maximum Gasteiger partial charge on any atom is 0.275 e. The molecule has 2 atom stereocenters. The van der Waals surface area contributed by atoms with Gasteiger partial charge in [-0.2, -0.15) is 0 Å². The first kappa shape index (κ1) is 18.7. The van der Waals surface area contributed by atoms with Crippen LogP contribution in [-0.4, -0.2) is 38.0 Å². The van der Waals surface area contributed by atoms with Gasteiger partial charge < -0.3 is 15.5 Å². The molecule has 3 N–H and O–H groups in total. The summed E-state index contributed by atoms with van der Waals surface area (Å²) >= 11 is 12.0. The fraction of sp³-hybridized carbons (Fsp3) is 0.467. The molecule has 22 heavy (non-hydrogen) atoms. The Labute approximate surface area is 141 Å². The van der Waals surface area contributed by atoms with E-state index in [4.69, 9.17) is 23.2 Å². The highest BCUT2D eigenvalue weighted by Gasteiger charge is 2.18. The Bertz CT molecular complexity index is 538. The maximum absolute atomic E-state index is 11.9. The highest BCUT2D eigenvalue weighted by atomic mass is 35.5. The van der Waals surface area contributed by atoms with E-state index in [1.807, 2.05) is 20.0 Å². The van der Waals surface area contributed by atoms with Crippen LogP contribution in [0.1, 0.15) is 19.4 Å². The SMILES string of the molecule is CCNC(=O)[C@H](C)NC(=O)C[NH+](C)Cc1ccc(Cl)cc1Cl. The van der Waals surface area contributed by atoms with Gasteiger partial charge in [0.1, 0.15) is 12.6 Å². The molecule has 1 unspecified atom stereocenters. The lowest BCUT2D eigenvalue weighted by Gasteiger charge is -2.17. The van der Waals surface area contributed by atoms with Crippen LogP contribution in [0.2, 0.25) is 10.0 Å². The number of quaternary nitrogens is 1. The number of nitrogens with one attached hydrogen (secondary N) is 3. The highest BCUT2D eigenvalue weighted by Crippen LogP contribution is 2.19. The van der Waals surface area contributed by atoms with Gasteiger partial charge in [-0.05, 0) is 26.0 Å². The van der Waals surface area contributed by atoms with Crippen LogP contribution in [0.3, 0.4) is 0 Å². The average Bonchev–Trinajstić information content (AvgIpc) is 2.42. The van der Waals surface area contributed by atoms with E-state index < -0.39 is 6.04 Å². The Kier molecular flexibility index (Phi) is 7.65. The first-order valence-corrected chi connectivity index (χ1v) is 7.91. The van der Waals surface area contributed by atoms with E-state index in [2.05, 4.69) is 10.6 Å². The molecule has 0 spiro atoms.